The lowest BCUT2D eigenvalue weighted by atomic mass is 10.2. The minimum absolute atomic E-state index is 0.114. The first-order valence-electron chi connectivity index (χ1n) is 9.01. The van der Waals surface area contributed by atoms with Gasteiger partial charge in [0.2, 0.25) is 11.8 Å². The first-order chi connectivity index (χ1) is 13.7. The fourth-order valence-electron chi connectivity index (χ4n) is 3.00. The number of hydrogen-bond donors (Lipinski definition) is 0. The van der Waals surface area contributed by atoms with Crippen molar-refractivity contribution >= 4 is 17.6 Å². The number of carbonyl (C=O) groups excluding carboxylic acids is 2. The van der Waals surface area contributed by atoms with E-state index in [1.165, 1.54) is 0 Å². The van der Waals surface area contributed by atoms with Crippen LogP contribution >= 0.6 is 0 Å². The molecule has 1 amide bonds. The number of ether oxygens (including phenoxy) is 2. The summed E-state index contributed by atoms with van der Waals surface area (Å²) >= 11 is 0. The maximum Gasteiger partial charge on any atom is 0.349 e. The van der Waals surface area contributed by atoms with E-state index in [2.05, 4.69) is 4.98 Å². The zero-order chi connectivity index (χ0) is 19.3. The minimum Gasteiger partial charge on any atom is -0.438 e. The molecular weight excluding hydrogens is 356 g/mol. The van der Waals surface area contributed by atoms with Gasteiger partial charge in [-0.05, 0) is 55.0 Å². The van der Waals surface area contributed by atoms with Crippen LogP contribution in [0.1, 0.15) is 23.2 Å². The highest BCUT2D eigenvalue weighted by Crippen LogP contribution is 2.26. The molecule has 0 atom stereocenters. The van der Waals surface area contributed by atoms with E-state index < -0.39 is 5.97 Å². The van der Waals surface area contributed by atoms with Gasteiger partial charge in [-0.25, -0.2) is 9.78 Å². The van der Waals surface area contributed by atoms with Crippen molar-refractivity contribution in [3.8, 4) is 17.4 Å². The summed E-state index contributed by atoms with van der Waals surface area (Å²) in [5.41, 5.74) is 1.03. The van der Waals surface area contributed by atoms with Crippen molar-refractivity contribution in [1.82, 2.24) is 4.98 Å². The fraction of sp³-hybridized carbons (Fsp3) is 0.136. The SMILES string of the molecule is O=C(Oc1ccc(N2CCCC2=O)cc1)c1cccnc1Oc1ccccc1. The number of para-hydroxylation sites is 1. The maximum absolute atomic E-state index is 12.6. The Labute approximate surface area is 162 Å². The number of nitrogens with zero attached hydrogens (tertiary/aromatic N) is 2. The second-order valence-corrected chi connectivity index (χ2v) is 6.30. The van der Waals surface area contributed by atoms with Crippen molar-refractivity contribution in [2.75, 3.05) is 11.4 Å². The Morgan fingerprint density at radius 3 is 2.43 bits per heavy atom. The Morgan fingerprint density at radius 1 is 0.929 bits per heavy atom. The number of esters is 1. The quantitative estimate of drug-likeness (QED) is 0.494. The number of hydrogen-bond acceptors (Lipinski definition) is 5. The molecule has 6 heteroatoms. The number of rotatable bonds is 5. The summed E-state index contributed by atoms with van der Waals surface area (Å²) in [7, 11) is 0. The first kappa shape index (κ1) is 17.7. The highest BCUT2D eigenvalue weighted by atomic mass is 16.5. The zero-order valence-electron chi connectivity index (χ0n) is 15.1. The second kappa shape index (κ2) is 7.92. The van der Waals surface area contributed by atoms with Crippen LogP contribution in [0.2, 0.25) is 0 Å². The lowest BCUT2D eigenvalue weighted by Gasteiger charge is -2.16. The molecule has 0 spiro atoms. The average Bonchev–Trinajstić information content (AvgIpc) is 3.16. The minimum atomic E-state index is -0.566. The van der Waals surface area contributed by atoms with Crippen LogP contribution in [-0.2, 0) is 4.79 Å². The Bertz CT molecular complexity index is 987. The monoisotopic (exact) mass is 374 g/mol. The molecule has 6 nitrogen and oxygen atoms in total. The number of carbonyl (C=O) groups is 2. The van der Waals surface area contributed by atoms with Crippen molar-refractivity contribution in [3.05, 3.63) is 78.5 Å². The molecule has 0 saturated carbocycles. The van der Waals surface area contributed by atoms with E-state index in [4.69, 9.17) is 9.47 Å². The molecule has 4 rings (SSSR count). The lowest BCUT2D eigenvalue weighted by Crippen LogP contribution is -2.23. The molecule has 28 heavy (non-hydrogen) atoms. The zero-order valence-corrected chi connectivity index (χ0v) is 15.1. The van der Waals surface area contributed by atoms with Crippen molar-refractivity contribution in [2.45, 2.75) is 12.8 Å². The average molecular weight is 374 g/mol. The predicted molar refractivity (Wildman–Crippen MR) is 104 cm³/mol. The van der Waals surface area contributed by atoms with Crippen molar-refractivity contribution in [2.24, 2.45) is 0 Å². The first-order valence-corrected chi connectivity index (χ1v) is 9.01. The third-order valence-electron chi connectivity index (χ3n) is 4.38. The number of anilines is 1. The van der Waals surface area contributed by atoms with Crippen LogP contribution in [0.3, 0.4) is 0 Å². The molecule has 1 aliphatic heterocycles. The van der Waals surface area contributed by atoms with Crippen molar-refractivity contribution in [1.29, 1.82) is 0 Å². The standard InChI is InChI=1S/C22H18N2O4/c25-20-9-5-15-24(20)16-10-12-18(13-11-16)28-22(26)19-8-4-14-23-21(19)27-17-6-2-1-3-7-17/h1-4,6-8,10-14H,5,9,15H2. The van der Waals surface area contributed by atoms with Crippen LogP contribution in [0.4, 0.5) is 5.69 Å². The highest BCUT2D eigenvalue weighted by Gasteiger charge is 2.22. The molecule has 2 heterocycles. The summed E-state index contributed by atoms with van der Waals surface area (Å²) in [5, 5.41) is 0. The van der Waals surface area contributed by atoms with E-state index in [-0.39, 0.29) is 17.4 Å². The third-order valence-corrected chi connectivity index (χ3v) is 4.38. The summed E-state index contributed by atoms with van der Waals surface area (Å²) in [6, 6.07) is 19.3. The van der Waals surface area contributed by atoms with Gasteiger partial charge >= 0.3 is 5.97 Å². The van der Waals surface area contributed by atoms with Gasteiger partial charge in [0.15, 0.2) is 0 Å². The largest absolute Gasteiger partial charge is 0.438 e. The Kier molecular flexibility index (Phi) is 5.01. The molecule has 140 valence electrons. The van der Waals surface area contributed by atoms with Crippen molar-refractivity contribution in [3.63, 3.8) is 0 Å². The van der Waals surface area contributed by atoms with Gasteiger partial charge in [0.1, 0.15) is 17.1 Å². The van der Waals surface area contributed by atoms with E-state index >= 15 is 0 Å². The van der Waals surface area contributed by atoms with Gasteiger partial charge in [0, 0.05) is 24.8 Å². The van der Waals surface area contributed by atoms with Gasteiger partial charge in [-0.2, -0.15) is 0 Å². The van der Waals surface area contributed by atoms with Gasteiger partial charge in [-0.15, -0.1) is 0 Å². The molecule has 1 aromatic heterocycles. The van der Waals surface area contributed by atoms with Gasteiger partial charge in [-0.3, -0.25) is 4.79 Å². The molecule has 1 fully saturated rings. The predicted octanol–water partition coefficient (Wildman–Crippen LogP) is 4.22. The molecule has 2 aromatic carbocycles. The summed E-state index contributed by atoms with van der Waals surface area (Å²) in [5.74, 6) is 0.689. The van der Waals surface area contributed by atoms with E-state index in [0.717, 1.165) is 12.1 Å². The van der Waals surface area contributed by atoms with Crippen LogP contribution in [0.5, 0.6) is 17.4 Å². The van der Waals surface area contributed by atoms with Gasteiger partial charge in [-0.1, -0.05) is 18.2 Å². The Hall–Kier alpha value is -3.67. The van der Waals surface area contributed by atoms with Crippen LogP contribution in [0, 0.1) is 0 Å². The van der Waals surface area contributed by atoms with Gasteiger partial charge in [0.05, 0.1) is 0 Å². The highest BCUT2D eigenvalue weighted by molar-refractivity contribution is 5.95. The van der Waals surface area contributed by atoms with Crippen LogP contribution in [0.15, 0.2) is 72.9 Å². The van der Waals surface area contributed by atoms with E-state index in [9.17, 15) is 9.59 Å². The lowest BCUT2D eigenvalue weighted by molar-refractivity contribution is -0.117. The topological polar surface area (TPSA) is 68.7 Å². The Morgan fingerprint density at radius 2 is 1.71 bits per heavy atom. The van der Waals surface area contributed by atoms with Crippen LogP contribution < -0.4 is 14.4 Å². The molecule has 0 radical (unpaired) electrons. The van der Waals surface area contributed by atoms with Crippen LogP contribution in [0.25, 0.3) is 0 Å². The number of amides is 1. The van der Waals surface area contributed by atoms with E-state index in [0.29, 0.717) is 24.5 Å². The molecule has 1 saturated heterocycles. The van der Waals surface area contributed by atoms with Gasteiger partial charge < -0.3 is 14.4 Å². The van der Waals surface area contributed by atoms with E-state index in [1.807, 2.05) is 18.2 Å². The number of pyridine rings is 1. The molecule has 1 aliphatic rings. The molecule has 0 aliphatic carbocycles. The molecule has 0 N–H and O–H groups in total. The summed E-state index contributed by atoms with van der Waals surface area (Å²) < 4.78 is 11.2. The second-order valence-electron chi connectivity index (χ2n) is 6.30. The van der Waals surface area contributed by atoms with Crippen molar-refractivity contribution < 1.29 is 19.1 Å². The number of benzene rings is 2. The van der Waals surface area contributed by atoms with E-state index in [1.54, 1.807) is 59.6 Å². The van der Waals surface area contributed by atoms with Gasteiger partial charge in [0.25, 0.3) is 0 Å². The fourth-order valence-corrected chi connectivity index (χ4v) is 3.00. The maximum atomic E-state index is 12.6. The van der Waals surface area contributed by atoms with Crippen LogP contribution in [-0.4, -0.2) is 23.4 Å². The smallest absolute Gasteiger partial charge is 0.349 e. The summed E-state index contributed by atoms with van der Waals surface area (Å²) in [6.45, 7) is 0.716. The third kappa shape index (κ3) is 3.86. The number of aromatic nitrogens is 1. The molecule has 0 unspecified atom stereocenters. The molecule has 0 bridgehead atoms. The molecular formula is C22H18N2O4. The summed E-state index contributed by atoms with van der Waals surface area (Å²) in [6.07, 6.45) is 2.99. The normalized spacial score (nSPS) is 13.4. The Balaban J connectivity index is 1.49. The molecule has 3 aromatic rings. The summed E-state index contributed by atoms with van der Waals surface area (Å²) in [4.78, 5) is 30.3.